The van der Waals surface area contributed by atoms with Gasteiger partial charge in [-0.3, -0.25) is 0 Å². The summed E-state index contributed by atoms with van der Waals surface area (Å²) >= 11 is 0. The van der Waals surface area contributed by atoms with Gasteiger partial charge in [-0.1, -0.05) is 6.07 Å². The topological polar surface area (TPSA) is 49.0 Å². The predicted molar refractivity (Wildman–Crippen MR) is 74.1 cm³/mol. The van der Waals surface area contributed by atoms with Crippen molar-refractivity contribution in [3.05, 3.63) is 23.8 Å². The molecule has 3 rings (SSSR count). The van der Waals surface area contributed by atoms with Gasteiger partial charge in [0.05, 0.1) is 25.9 Å². The molecule has 5 nitrogen and oxygen atoms in total. The van der Waals surface area contributed by atoms with Gasteiger partial charge in [0, 0.05) is 12.5 Å². The molecule has 2 atom stereocenters. The Balaban J connectivity index is 1.55. The zero-order valence-electron chi connectivity index (χ0n) is 11.8. The van der Waals surface area contributed by atoms with E-state index in [1.54, 1.807) is 0 Å². The number of nitrogens with one attached hydrogen (secondary N) is 1. The Labute approximate surface area is 119 Å². The molecule has 0 amide bonds. The fraction of sp³-hybridized carbons (Fsp3) is 0.600. The normalized spacial score (nSPS) is 22.1. The molecule has 20 heavy (non-hydrogen) atoms. The summed E-state index contributed by atoms with van der Waals surface area (Å²) in [4.78, 5) is 0. The molecular weight excluding hydrogens is 258 g/mol. The first-order valence-electron chi connectivity index (χ1n) is 7.09. The molecule has 2 heterocycles. The minimum atomic E-state index is 0.159. The second kappa shape index (κ2) is 6.43. The first-order valence-corrected chi connectivity index (χ1v) is 7.09. The molecule has 1 aromatic rings. The van der Waals surface area contributed by atoms with Crippen LogP contribution in [-0.2, 0) is 9.47 Å². The lowest BCUT2D eigenvalue weighted by Crippen LogP contribution is -2.23. The van der Waals surface area contributed by atoms with E-state index in [9.17, 15) is 0 Å². The summed E-state index contributed by atoms with van der Waals surface area (Å²) < 4.78 is 21.9. The molecule has 5 heteroatoms. The highest BCUT2D eigenvalue weighted by atomic mass is 16.7. The van der Waals surface area contributed by atoms with Gasteiger partial charge in [-0.25, -0.2) is 0 Å². The molecule has 0 spiro atoms. The summed E-state index contributed by atoms with van der Waals surface area (Å²) in [6, 6.07) is 6.18. The maximum Gasteiger partial charge on any atom is 0.231 e. The summed E-state index contributed by atoms with van der Waals surface area (Å²) in [5.41, 5.74) is 1.15. The van der Waals surface area contributed by atoms with Crippen molar-refractivity contribution in [1.29, 1.82) is 0 Å². The molecule has 1 N–H and O–H groups in total. The van der Waals surface area contributed by atoms with Crippen molar-refractivity contribution in [2.75, 3.05) is 40.3 Å². The van der Waals surface area contributed by atoms with Crippen LogP contribution >= 0.6 is 0 Å². The van der Waals surface area contributed by atoms with Crippen LogP contribution in [0.2, 0.25) is 0 Å². The van der Waals surface area contributed by atoms with E-state index in [2.05, 4.69) is 11.4 Å². The zero-order chi connectivity index (χ0) is 13.8. The highest BCUT2D eigenvalue weighted by molar-refractivity contribution is 5.45. The molecule has 2 aliphatic heterocycles. The van der Waals surface area contributed by atoms with E-state index in [4.69, 9.17) is 18.9 Å². The van der Waals surface area contributed by atoms with Crippen molar-refractivity contribution in [1.82, 2.24) is 5.32 Å². The van der Waals surface area contributed by atoms with Gasteiger partial charge < -0.3 is 24.3 Å². The van der Waals surface area contributed by atoms with Crippen LogP contribution in [-0.4, -0.2) is 40.3 Å². The quantitative estimate of drug-likeness (QED) is 0.859. The van der Waals surface area contributed by atoms with Crippen LogP contribution in [0.3, 0.4) is 0 Å². The highest BCUT2D eigenvalue weighted by Gasteiger charge is 2.19. The van der Waals surface area contributed by atoms with Crippen LogP contribution in [0.4, 0.5) is 0 Å². The molecule has 2 unspecified atom stereocenters. The molecule has 0 aliphatic carbocycles. The predicted octanol–water partition coefficient (Wildman–Crippen LogP) is 1.73. The minimum absolute atomic E-state index is 0.159. The first kappa shape index (κ1) is 13.7. The molecule has 0 saturated carbocycles. The van der Waals surface area contributed by atoms with Gasteiger partial charge >= 0.3 is 0 Å². The van der Waals surface area contributed by atoms with Gasteiger partial charge in [-0.2, -0.15) is 0 Å². The molecule has 1 fully saturated rings. The number of rotatable bonds is 6. The van der Waals surface area contributed by atoms with Crippen LogP contribution < -0.4 is 14.8 Å². The van der Waals surface area contributed by atoms with E-state index in [0.29, 0.717) is 19.3 Å². The minimum Gasteiger partial charge on any atom is -0.454 e. The molecule has 0 aromatic heterocycles. The van der Waals surface area contributed by atoms with Gasteiger partial charge in [-0.05, 0) is 31.2 Å². The van der Waals surface area contributed by atoms with Crippen LogP contribution in [0.25, 0.3) is 0 Å². The van der Waals surface area contributed by atoms with E-state index in [1.165, 1.54) is 0 Å². The monoisotopic (exact) mass is 279 g/mol. The fourth-order valence-corrected chi connectivity index (χ4v) is 2.54. The lowest BCUT2D eigenvalue weighted by atomic mass is 10.1. The maximum atomic E-state index is 5.83. The Morgan fingerprint density at radius 1 is 1.35 bits per heavy atom. The van der Waals surface area contributed by atoms with E-state index in [-0.39, 0.29) is 6.04 Å². The third-order valence-electron chi connectivity index (χ3n) is 3.81. The highest BCUT2D eigenvalue weighted by Crippen LogP contribution is 2.34. The van der Waals surface area contributed by atoms with Crippen LogP contribution in [0.15, 0.2) is 18.2 Å². The maximum absolute atomic E-state index is 5.83. The summed E-state index contributed by atoms with van der Waals surface area (Å²) in [7, 11) is 1.94. The lowest BCUT2D eigenvalue weighted by Gasteiger charge is -2.18. The molecule has 0 radical (unpaired) electrons. The second-order valence-corrected chi connectivity index (χ2v) is 5.22. The number of fused-ring (bicyclic) bond motifs is 1. The van der Waals surface area contributed by atoms with E-state index >= 15 is 0 Å². The SMILES string of the molecule is CNC(COCC1CCOC1)c1ccc2c(c1)OCO2. The van der Waals surface area contributed by atoms with Crippen molar-refractivity contribution in [2.24, 2.45) is 5.92 Å². The molecule has 2 aliphatic rings. The number of hydrogen-bond donors (Lipinski definition) is 1. The van der Waals surface area contributed by atoms with Gasteiger partial charge in [0.2, 0.25) is 6.79 Å². The number of benzene rings is 1. The van der Waals surface area contributed by atoms with E-state index in [1.807, 2.05) is 19.2 Å². The largest absolute Gasteiger partial charge is 0.454 e. The molecule has 1 aromatic carbocycles. The Hall–Kier alpha value is -1.30. The molecule has 0 bridgehead atoms. The third kappa shape index (κ3) is 3.06. The van der Waals surface area contributed by atoms with Gasteiger partial charge in [-0.15, -0.1) is 0 Å². The van der Waals surface area contributed by atoms with Gasteiger partial charge in [0.25, 0.3) is 0 Å². The van der Waals surface area contributed by atoms with Crippen molar-refractivity contribution in [3.63, 3.8) is 0 Å². The first-order chi connectivity index (χ1) is 9.86. The summed E-state index contributed by atoms with van der Waals surface area (Å²) in [5, 5.41) is 3.28. The zero-order valence-corrected chi connectivity index (χ0v) is 11.8. The smallest absolute Gasteiger partial charge is 0.231 e. The summed E-state index contributed by atoms with van der Waals surface area (Å²) in [6.45, 7) is 3.41. The van der Waals surface area contributed by atoms with Crippen molar-refractivity contribution >= 4 is 0 Å². The fourth-order valence-electron chi connectivity index (χ4n) is 2.54. The van der Waals surface area contributed by atoms with Crippen molar-refractivity contribution < 1.29 is 18.9 Å². The van der Waals surface area contributed by atoms with Gasteiger partial charge in [0.15, 0.2) is 11.5 Å². The lowest BCUT2D eigenvalue weighted by molar-refractivity contribution is 0.0757. The molecular formula is C15H21NO4. The second-order valence-electron chi connectivity index (χ2n) is 5.22. The van der Waals surface area contributed by atoms with Crippen LogP contribution in [0.1, 0.15) is 18.0 Å². The van der Waals surface area contributed by atoms with E-state index < -0.39 is 0 Å². The van der Waals surface area contributed by atoms with E-state index in [0.717, 1.165) is 43.3 Å². The Morgan fingerprint density at radius 3 is 3.05 bits per heavy atom. The standard InChI is InChI=1S/C15H21NO4/c1-16-13(9-18-8-11-4-5-17-7-11)12-2-3-14-15(6-12)20-10-19-14/h2-3,6,11,13,16H,4-5,7-10H2,1H3. The average molecular weight is 279 g/mol. The summed E-state index contributed by atoms with van der Waals surface area (Å²) in [6.07, 6.45) is 1.11. The van der Waals surface area contributed by atoms with Crippen LogP contribution in [0.5, 0.6) is 11.5 Å². The summed E-state index contributed by atoms with van der Waals surface area (Å²) in [5.74, 6) is 2.17. The average Bonchev–Trinajstić information content (AvgIpc) is 3.13. The Morgan fingerprint density at radius 2 is 2.25 bits per heavy atom. The van der Waals surface area contributed by atoms with Crippen LogP contribution in [0, 0.1) is 5.92 Å². The Kier molecular flexibility index (Phi) is 4.40. The van der Waals surface area contributed by atoms with Gasteiger partial charge in [0.1, 0.15) is 0 Å². The number of ether oxygens (including phenoxy) is 4. The molecule has 1 saturated heterocycles. The number of likely N-dealkylation sites (N-methyl/N-ethyl adjacent to an activating group) is 1. The molecule has 110 valence electrons. The van der Waals surface area contributed by atoms with Crippen molar-refractivity contribution in [2.45, 2.75) is 12.5 Å². The third-order valence-corrected chi connectivity index (χ3v) is 3.81. The van der Waals surface area contributed by atoms with Crippen molar-refractivity contribution in [3.8, 4) is 11.5 Å². The Bertz CT molecular complexity index is 445. The number of hydrogen-bond acceptors (Lipinski definition) is 5.